The second kappa shape index (κ2) is 2.39. The quantitative estimate of drug-likeness (QED) is 0.477. The van der Waals surface area contributed by atoms with Crippen molar-refractivity contribution in [1.29, 1.82) is 0 Å². The lowest BCUT2D eigenvalue weighted by atomic mass is 10.4. The Kier molecular flexibility index (Phi) is 1.77. The molecule has 1 aliphatic heterocycles. The maximum atomic E-state index is 12.0. The van der Waals surface area contributed by atoms with Crippen molar-refractivity contribution in [3.05, 3.63) is 0 Å². The second-order valence-electron chi connectivity index (χ2n) is 1.57. The Morgan fingerprint density at radius 2 is 1.88 bits per heavy atom. The zero-order chi connectivity index (χ0) is 5.98. The van der Waals surface area contributed by atoms with Gasteiger partial charge in [0.25, 0.3) is 6.48 Å². The Morgan fingerprint density at radius 1 is 1.38 bits per heavy atom. The molecule has 1 N–H and O–H groups in total. The van der Waals surface area contributed by atoms with Gasteiger partial charge in [-0.2, -0.15) is 0 Å². The van der Waals surface area contributed by atoms with E-state index in [4.69, 9.17) is 5.11 Å². The van der Waals surface area contributed by atoms with Crippen LogP contribution >= 0.6 is 0 Å². The molecule has 1 fully saturated rings. The number of aliphatic hydroxyl groups excluding tert-OH is 1. The van der Waals surface area contributed by atoms with Crippen LogP contribution in [0.25, 0.3) is 0 Å². The minimum absolute atomic E-state index is 0.0683. The van der Waals surface area contributed by atoms with Gasteiger partial charge in [0.1, 0.15) is 6.17 Å². The molecule has 0 unspecified atom stereocenters. The molecular weight excluding hydrogens is 115 g/mol. The SMILES string of the molecule is OC1OCC(F)CO1. The lowest BCUT2D eigenvalue weighted by Gasteiger charge is -2.20. The Morgan fingerprint density at radius 3 is 2.25 bits per heavy atom. The topological polar surface area (TPSA) is 38.7 Å². The Hall–Kier alpha value is -0.190. The average Bonchev–Trinajstić information content (AvgIpc) is 1.77. The molecule has 0 aromatic heterocycles. The van der Waals surface area contributed by atoms with Gasteiger partial charge in [0.2, 0.25) is 0 Å². The van der Waals surface area contributed by atoms with Gasteiger partial charge >= 0.3 is 0 Å². The molecule has 48 valence electrons. The summed E-state index contributed by atoms with van der Waals surface area (Å²) in [4.78, 5) is 0. The molecule has 0 saturated carbocycles. The molecule has 0 aliphatic carbocycles. The Bertz CT molecular complexity index is 59.7. The molecule has 4 heteroatoms. The van der Waals surface area contributed by atoms with Crippen LogP contribution in [0.2, 0.25) is 0 Å². The van der Waals surface area contributed by atoms with Crippen molar-refractivity contribution in [1.82, 2.24) is 0 Å². The number of ether oxygens (including phenoxy) is 2. The zero-order valence-electron chi connectivity index (χ0n) is 4.21. The summed E-state index contributed by atoms with van der Waals surface area (Å²) in [5.74, 6) is 0. The molecule has 0 radical (unpaired) electrons. The molecular formula is C4H7FO3. The Balaban J connectivity index is 2.19. The molecule has 0 aromatic carbocycles. The average molecular weight is 122 g/mol. The third-order valence-electron chi connectivity index (χ3n) is 0.839. The van der Waals surface area contributed by atoms with Gasteiger partial charge in [-0.3, -0.25) is 0 Å². The van der Waals surface area contributed by atoms with Crippen molar-refractivity contribution in [3.8, 4) is 0 Å². The predicted octanol–water partition coefficient (Wildman–Crippen LogP) is -0.353. The van der Waals surface area contributed by atoms with Gasteiger partial charge in [-0.1, -0.05) is 0 Å². The van der Waals surface area contributed by atoms with Crippen molar-refractivity contribution in [2.24, 2.45) is 0 Å². The van der Waals surface area contributed by atoms with E-state index in [9.17, 15) is 4.39 Å². The smallest absolute Gasteiger partial charge is 0.269 e. The van der Waals surface area contributed by atoms with Crippen LogP contribution in [0.3, 0.4) is 0 Å². The van der Waals surface area contributed by atoms with E-state index >= 15 is 0 Å². The van der Waals surface area contributed by atoms with Crippen molar-refractivity contribution >= 4 is 0 Å². The van der Waals surface area contributed by atoms with E-state index in [2.05, 4.69) is 9.47 Å². The van der Waals surface area contributed by atoms with Gasteiger partial charge < -0.3 is 14.6 Å². The van der Waals surface area contributed by atoms with Gasteiger partial charge in [0, 0.05) is 0 Å². The fourth-order valence-electron chi connectivity index (χ4n) is 0.470. The van der Waals surface area contributed by atoms with Crippen LogP contribution in [-0.4, -0.2) is 31.0 Å². The van der Waals surface area contributed by atoms with Crippen molar-refractivity contribution in [2.45, 2.75) is 12.6 Å². The Labute approximate surface area is 46.0 Å². The third-order valence-corrected chi connectivity index (χ3v) is 0.839. The second-order valence-corrected chi connectivity index (χ2v) is 1.57. The maximum absolute atomic E-state index is 12.0. The van der Waals surface area contributed by atoms with Crippen molar-refractivity contribution in [2.75, 3.05) is 13.2 Å². The van der Waals surface area contributed by atoms with Crippen LogP contribution in [0.5, 0.6) is 0 Å². The summed E-state index contributed by atoms with van der Waals surface area (Å²) < 4.78 is 20.7. The summed E-state index contributed by atoms with van der Waals surface area (Å²) in [6.07, 6.45) is -1.08. The van der Waals surface area contributed by atoms with Gasteiger partial charge in [0.05, 0.1) is 13.2 Å². The fourth-order valence-corrected chi connectivity index (χ4v) is 0.470. The predicted molar refractivity (Wildman–Crippen MR) is 22.8 cm³/mol. The molecule has 1 rings (SSSR count). The molecule has 0 atom stereocenters. The number of halogens is 1. The van der Waals surface area contributed by atoms with Crippen molar-refractivity contribution < 1.29 is 19.0 Å². The number of hydrogen-bond acceptors (Lipinski definition) is 3. The standard InChI is InChI=1S/C4H7FO3/c5-3-1-7-4(6)8-2-3/h3-4,6H,1-2H2. The lowest BCUT2D eigenvalue weighted by Crippen LogP contribution is -2.32. The minimum atomic E-state index is -1.22. The normalized spacial score (nSPS) is 39.8. The van der Waals surface area contributed by atoms with E-state index in [0.717, 1.165) is 0 Å². The van der Waals surface area contributed by atoms with Crippen LogP contribution in [0.1, 0.15) is 0 Å². The van der Waals surface area contributed by atoms with Crippen LogP contribution < -0.4 is 0 Å². The molecule has 8 heavy (non-hydrogen) atoms. The summed E-state index contributed by atoms with van der Waals surface area (Å²) in [5, 5.41) is 8.42. The highest BCUT2D eigenvalue weighted by atomic mass is 19.1. The van der Waals surface area contributed by atoms with Gasteiger partial charge in [-0.05, 0) is 0 Å². The molecule has 3 nitrogen and oxygen atoms in total. The van der Waals surface area contributed by atoms with E-state index < -0.39 is 12.6 Å². The maximum Gasteiger partial charge on any atom is 0.269 e. The van der Waals surface area contributed by atoms with Gasteiger partial charge in [0.15, 0.2) is 0 Å². The van der Waals surface area contributed by atoms with E-state index in [-0.39, 0.29) is 13.2 Å². The number of rotatable bonds is 0. The first-order chi connectivity index (χ1) is 3.79. The zero-order valence-corrected chi connectivity index (χ0v) is 4.21. The van der Waals surface area contributed by atoms with Crippen LogP contribution in [0, 0.1) is 0 Å². The highest BCUT2D eigenvalue weighted by Gasteiger charge is 2.18. The molecule has 1 saturated heterocycles. The van der Waals surface area contributed by atoms with E-state index in [0.29, 0.717) is 0 Å². The summed E-state index contributed by atoms with van der Waals surface area (Å²) >= 11 is 0. The van der Waals surface area contributed by atoms with Crippen LogP contribution in [-0.2, 0) is 9.47 Å². The monoisotopic (exact) mass is 122 g/mol. The van der Waals surface area contributed by atoms with Gasteiger partial charge in [-0.15, -0.1) is 0 Å². The van der Waals surface area contributed by atoms with Crippen LogP contribution in [0.15, 0.2) is 0 Å². The summed E-state index contributed by atoms with van der Waals surface area (Å²) in [6.45, 7) is -1.36. The first-order valence-electron chi connectivity index (χ1n) is 2.34. The van der Waals surface area contributed by atoms with E-state index in [1.165, 1.54) is 0 Å². The first-order valence-corrected chi connectivity index (χ1v) is 2.34. The molecule has 0 bridgehead atoms. The molecule has 1 aliphatic rings. The number of alkyl halides is 1. The van der Waals surface area contributed by atoms with Crippen molar-refractivity contribution in [3.63, 3.8) is 0 Å². The fraction of sp³-hybridized carbons (Fsp3) is 1.00. The molecule has 0 aromatic rings. The minimum Gasteiger partial charge on any atom is -0.346 e. The van der Waals surface area contributed by atoms with Crippen LogP contribution in [0.4, 0.5) is 4.39 Å². The summed E-state index contributed by atoms with van der Waals surface area (Å²) in [6, 6.07) is 0. The van der Waals surface area contributed by atoms with E-state index in [1.807, 2.05) is 0 Å². The first kappa shape index (κ1) is 5.94. The highest BCUT2D eigenvalue weighted by molar-refractivity contribution is 4.54. The van der Waals surface area contributed by atoms with E-state index in [1.54, 1.807) is 0 Å². The molecule has 0 amide bonds. The largest absolute Gasteiger partial charge is 0.346 e. The number of hydrogen-bond donors (Lipinski definition) is 1. The third kappa shape index (κ3) is 1.40. The highest BCUT2D eigenvalue weighted by Crippen LogP contribution is 2.04. The molecule has 1 heterocycles. The van der Waals surface area contributed by atoms with Gasteiger partial charge in [-0.25, -0.2) is 4.39 Å². The number of aliphatic hydroxyl groups is 1. The summed E-state index contributed by atoms with van der Waals surface area (Å²) in [7, 11) is 0. The lowest BCUT2D eigenvalue weighted by molar-refractivity contribution is -0.301. The summed E-state index contributed by atoms with van der Waals surface area (Å²) in [5.41, 5.74) is 0. The molecule has 0 spiro atoms.